The topological polar surface area (TPSA) is 74.7 Å². The van der Waals surface area contributed by atoms with Gasteiger partial charge in [0.1, 0.15) is 0 Å². The lowest BCUT2D eigenvalue weighted by atomic mass is 9.96. The molecule has 1 aromatic rings. The van der Waals surface area contributed by atoms with E-state index >= 15 is 0 Å². The zero-order valence-corrected chi connectivity index (χ0v) is 11.8. The van der Waals surface area contributed by atoms with Gasteiger partial charge in [-0.05, 0) is 23.1 Å². The molecule has 0 spiro atoms. The summed E-state index contributed by atoms with van der Waals surface area (Å²) in [6.07, 6.45) is 3.26. The van der Waals surface area contributed by atoms with Gasteiger partial charge in [0.15, 0.2) is 0 Å². The van der Waals surface area contributed by atoms with Crippen molar-refractivity contribution in [2.45, 2.75) is 26.3 Å². The molecule has 1 fully saturated rings. The fraction of sp³-hybridized carbons (Fsp3) is 0.312. The van der Waals surface area contributed by atoms with Gasteiger partial charge >= 0.3 is 5.97 Å². The number of aliphatic carboxylic acids is 1. The molecule has 5 nitrogen and oxygen atoms in total. The third kappa shape index (κ3) is 3.78. The second kappa shape index (κ2) is 6.35. The highest BCUT2D eigenvalue weighted by Crippen LogP contribution is 2.22. The number of piperidine rings is 1. The number of carbonyl (C=O) groups excluding carboxylic acids is 2. The molecule has 1 aromatic carbocycles. The van der Waals surface area contributed by atoms with Gasteiger partial charge in [0.05, 0.1) is 6.54 Å². The van der Waals surface area contributed by atoms with Gasteiger partial charge < -0.3 is 5.11 Å². The Kier molecular flexibility index (Phi) is 4.52. The van der Waals surface area contributed by atoms with Gasteiger partial charge in [0.25, 0.3) is 0 Å². The minimum atomic E-state index is -1.04. The predicted octanol–water partition coefficient (Wildman–Crippen LogP) is 2.07. The summed E-state index contributed by atoms with van der Waals surface area (Å²) in [7, 11) is 0. The maximum Gasteiger partial charge on any atom is 0.328 e. The fourth-order valence-corrected chi connectivity index (χ4v) is 2.38. The van der Waals surface area contributed by atoms with Crippen molar-refractivity contribution in [2.75, 3.05) is 0 Å². The third-order valence-corrected chi connectivity index (χ3v) is 3.44. The van der Waals surface area contributed by atoms with Crippen LogP contribution >= 0.6 is 0 Å². The van der Waals surface area contributed by atoms with E-state index in [9.17, 15) is 14.4 Å². The molecule has 1 heterocycles. The van der Waals surface area contributed by atoms with E-state index in [-0.39, 0.29) is 24.3 Å². The largest absolute Gasteiger partial charge is 0.478 e. The van der Waals surface area contributed by atoms with Gasteiger partial charge in [-0.15, -0.1) is 0 Å². The van der Waals surface area contributed by atoms with E-state index in [2.05, 4.69) is 0 Å². The Morgan fingerprint density at radius 1 is 1.29 bits per heavy atom. The number of rotatable bonds is 4. The van der Waals surface area contributed by atoms with Crippen molar-refractivity contribution in [1.82, 2.24) is 4.90 Å². The molecule has 0 atom stereocenters. The van der Waals surface area contributed by atoms with Crippen LogP contribution in [-0.4, -0.2) is 27.8 Å². The molecule has 1 saturated heterocycles. The molecule has 5 heteroatoms. The Balaban J connectivity index is 2.21. The van der Waals surface area contributed by atoms with Gasteiger partial charge in [-0.1, -0.05) is 31.2 Å². The summed E-state index contributed by atoms with van der Waals surface area (Å²) < 4.78 is 0. The lowest BCUT2D eigenvalue weighted by Gasteiger charge is -2.28. The van der Waals surface area contributed by atoms with Crippen molar-refractivity contribution in [1.29, 1.82) is 0 Å². The van der Waals surface area contributed by atoms with Crippen LogP contribution < -0.4 is 0 Å². The van der Waals surface area contributed by atoms with Crippen LogP contribution in [0.1, 0.15) is 30.9 Å². The Morgan fingerprint density at radius 2 is 1.90 bits per heavy atom. The van der Waals surface area contributed by atoms with Crippen molar-refractivity contribution >= 4 is 23.9 Å². The molecular weight excluding hydrogens is 270 g/mol. The van der Waals surface area contributed by atoms with E-state index in [4.69, 9.17) is 5.11 Å². The number of carbonyl (C=O) groups is 3. The number of imide groups is 1. The lowest BCUT2D eigenvalue weighted by molar-refractivity contribution is -0.150. The Labute approximate surface area is 122 Å². The van der Waals surface area contributed by atoms with E-state index in [0.717, 1.165) is 11.6 Å². The summed E-state index contributed by atoms with van der Waals surface area (Å²) in [6, 6.07) is 7.14. The van der Waals surface area contributed by atoms with Crippen LogP contribution in [0.4, 0.5) is 0 Å². The number of benzene rings is 1. The minimum Gasteiger partial charge on any atom is -0.478 e. The summed E-state index contributed by atoms with van der Waals surface area (Å²) in [5.74, 6) is -1.29. The van der Waals surface area contributed by atoms with Crippen molar-refractivity contribution in [3.63, 3.8) is 0 Å². The molecule has 0 bridgehead atoms. The molecular formula is C16H17NO4. The third-order valence-electron chi connectivity index (χ3n) is 3.44. The molecule has 0 unspecified atom stereocenters. The number of carboxylic acid groups (broad SMARTS) is 1. The van der Waals surface area contributed by atoms with E-state index in [1.54, 1.807) is 24.3 Å². The maximum absolute atomic E-state index is 12.0. The second-order valence-electron chi connectivity index (χ2n) is 5.26. The number of hydrogen-bond donors (Lipinski definition) is 1. The molecule has 1 aliphatic rings. The van der Waals surface area contributed by atoms with E-state index in [0.29, 0.717) is 18.4 Å². The molecule has 21 heavy (non-hydrogen) atoms. The molecule has 0 radical (unpaired) electrons. The van der Waals surface area contributed by atoms with Crippen LogP contribution in [0.3, 0.4) is 0 Å². The van der Waals surface area contributed by atoms with Crippen molar-refractivity contribution < 1.29 is 19.5 Å². The number of amides is 2. The van der Waals surface area contributed by atoms with Gasteiger partial charge in [-0.2, -0.15) is 0 Å². The highest BCUT2D eigenvalue weighted by Gasteiger charge is 2.30. The zero-order chi connectivity index (χ0) is 15.4. The molecule has 2 amide bonds. The summed E-state index contributed by atoms with van der Waals surface area (Å²) in [4.78, 5) is 35.8. The highest BCUT2D eigenvalue weighted by molar-refractivity contribution is 5.97. The normalized spacial score (nSPS) is 16.7. The molecule has 2 rings (SSSR count). The van der Waals surface area contributed by atoms with Crippen LogP contribution in [0, 0.1) is 5.92 Å². The lowest BCUT2D eigenvalue weighted by Crippen LogP contribution is -2.42. The minimum absolute atomic E-state index is 0.0865. The van der Waals surface area contributed by atoms with Crippen molar-refractivity contribution in [2.24, 2.45) is 5.92 Å². The van der Waals surface area contributed by atoms with E-state index in [1.165, 1.54) is 11.0 Å². The van der Waals surface area contributed by atoms with Gasteiger partial charge in [0, 0.05) is 18.9 Å². The van der Waals surface area contributed by atoms with E-state index < -0.39 is 5.97 Å². The number of hydrogen-bond acceptors (Lipinski definition) is 3. The second-order valence-corrected chi connectivity index (χ2v) is 5.26. The number of nitrogens with zero attached hydrogens (tertiary/aromatic N) is 1. The first-order chi connectivity index (χ1) is 9.97. The summed E-state index contributed by atoms with van der Waals surface area (Å²) in [5.41, 5.74) is 1.45. The molecule has 0 aromatic heterocycles. The van der Waals surface area contributed by atoms with Crippen LogP contribution in [0.5, 0.6) is 0 Å². The molecule has 1 N–H and O–H groups in total. The molecule has 110 valence electrons. The van der Waals surface area contributed by atoms with Crippen molar-refractivity contribution in [3.8, 4) is 0 Å². The van der Waals surface area contributed by atoms with Gasteiger partial charge in [-0.3, -0.25) is 14.5 Å². The number of carboxylic acids is 1. The Hall–Kier alpha value is -2.43. The maximum atomic E-state index is 12.0. The standard InChI is InChI=1S/C16H17NO4/c1-11-8-14(18)17(15(19)9-11)10-13-5-3-2-4-12(13)6-7-16(20)21/h2-7,11H,8-10H2,1H3,(H,20,21). The quantitative estimate of drug-likeness (QED) is 0.679. The number of likely N-dealkylation sites (tertiary alicyclic amines) is 1. The van der Waals surface area contributed by atoms with Crippen LogP contribution in [0.2, 0.25) is 0 Å². The van der Waals surface area contributed by atoms with Crippen molar-refractivity contribution in [3.05, 3.63) is 41.5 Å². The predicted molar refractivity (Wildman–Crippen MR) is 77.1 cm³/mol. The smallest absolute Gasteiger partial charge is 0.328 e. The highest BCUT2D eigenvalue weighted by atomic mass is 16.4. The summed E-state index contributed by atoms with van der Waals surface area (Å²) in [5, 5.41) is 8.69. The average Bonchev–Trinajstić information content (AvgIpc) is 2.41. The first-order valence-electron chi connectivity index (χ1n) is 6.79. The molecule has 0 saturated carbocycles. The molecule has 0 aliphatic carbocycles. The first-order valence-corrected chi connectivity index (χ1v) is 6.79. The Morgan fingerprint density at radius 3 is 2.52 bits per heavy atom. The molecule has 1 aliphatic heterocycles. The first kappa shape index (κ1) is 15.0. The SMILES string of the molecule is CC1CC(=O)N(Cc2ccccc2C=CC(=O)O)C(=O)C1. The van der Waals surface area contributed by atoms with Crippen LogP contribution in [-0.2, 0) is 20.9 Å². The summed E-state index contributed by atoms with van der Waals surface area (Å²) >= 11 is 0. The average molecular weight is 287 g/mol. The zero-order valence-electron chi connectivity index (χ0n) is 11.8. The van der Waals surface area contributed by atoms with Crippen LogP contribution in [0.25, 0.3) is 6.08 Å². The van der Waals surface area contributed by atoms with E-state index in [1.807, 2.05) is 6.92 Å². The fourth-order valence-electron chi connectivity index (χ4n) is 2.38. The summed E-state index contributed by atoms with van der Waals surface area (Å²) in [6.45, 7) is 2.07. The Bertz CT molecular complexity index is 588. The monoisotopic (exact) mass is 287 g/mol. The van der Waals surface area contributed by atoms with Crippen LogP contribution in [0.15, 0.2) is 30.3 Å². The van der Waals surface area contributed by atoms with Gasteiger partial charge in [-0.25, -0.2) is 4.79 Å². The van der Waals surface area contributed by atoms with Gasteiger partial charge in [0.2, 0.25) is 11.8 Å².